The standard InChI is InChI=1S/C15H19N3O6S/c1-17(2)25(23,24)11-6-4-10(5-7-11)13-15(9-19,8-12(20)21)14(22)18(3)16-13/h4-7,19H,8-9H2,1-3H3,(H,20,21). The van der Waals surface area contributed by atoms with Crippen LogP contribution in [0.15, 0.2) is 34.3 Å². The van der Waals surface area contributed by atoms with Crippen LogP contribution in [0.25, 0.3) is 0 Å². The molecule has 0 aromatic heterocycles. The lowest BCUT2D eigenvalue weighted by Gasteiger charge is -2.24. The van der Waals surface area contributed by atoms with Gasteiger partial charge in [-0.05, 0) is 17.7 Å². The Hall–Kier alpha value is -2.30. The first kappa shape index (κ1) is 19.0. The molecule has 0 bridgehead atoms. The van der Waals surface area contributed by atoms with Crippen molar-refractivity contribution >= 4 is 27.6 Å². The van der Waals surface area contributed by atoms with Gasteiger partial charge in [-0.25, -0.2) is 17.7 Å². The van der Waals surface area contributed by atoms with Crippen LogP contribution in [0.1, 0.15) is 12.0 Å². The van der Waals surface area contributed by atoms with Gasteiger partial charge in [-0.2, -0.15) is 5.10 Å². The summed E-state index contributed by atoms with van der Waals surface area (Å²) >= 11 is 0. The van der Waals surface area contributed by atoms with Gasteiger partial charge in [-0.15, -0.1) is 0 Å². The van der Waals surface area contributed by atoms with E-state index in [1.807, 2.05) is 0 Å². The van der Waals surface area contributed by atoms with Gasteiger partial charge in [0.25, 0.3) is 5.91 Å². The van der Waals surface area contributed by atoms with Crippen LogP contribution in [0.5, 0.6) is 0 Å². The molecular weight excluding hydrogens is 350 g/mol. The summed E-state index contributed by atoms with van der Waals surface area (Å²) in [5.74, 6) is -1.88. The predicted octanol–water partition coefficient (Wildman–Crippen LogP) is -0.434. The van der Waals surface area contributed by atoms with Crippen LogP contribution >= 0.6 is 0 Å². The van der Waals surface area contributed by atoms with E-state index in [-0.39, 0.29) is 10.6 Å². The number of hydrogen-bond donors (Lipinski definition) is 2. The Morgan fingerprint density at radius 2 is 1.84 bits per heavy atom. The molecule has 1 heterocycles. The second-order valence-electron chi connectivity index (χ2n) is 5.90. The molecule has 2 N–H and O–H groups in total. The van der Waals surface area contributed by atoms with Crippen LogP contribution in [0, 0.1) is 5.41 Å². The first-order valence-corrected chi connectivity index (χ1v) is 8.73. The Labute approximate surface area is 145 Å². The van der Waals surface area contributed by atoms with E-state index in [1.165, 1.54) is 45.4 Å². The minimum atomic E-state index is -3.62. The third kappa shape index (κ3) is 3.15. The Morgan fingerprint density at radius 3 is 2.28 bits per heavy atom. The maximum Gasteiger partial charge on any atom is 0.304 e. The van der Waals surface area contributed by atoms with Crippen LogP contribution in [0.3, 0.4) is 0 Å². The molecule has 136 valence electrons. The lowest BCUT2D eigenvalue weighted by molar-refractivity contribution is -0.146. The lowest BCUT2D eigenvalue weighted by atomic mass is 9.77. The van der Waals surface area contributed by atoms with Crippen molar-refractivity contribution in [3.8, 4) is 0 Å². The van der Waals surface area contributed by atoms with E-state index in [2.05, 4.69) is 5.10 Å². The number of sulfonamides is 1. The minimum absolute atomic E-state index is 0.0485. The average Bonchev–Trinajstić information content (AvgIpc) is 2.79. The summed E-state index contributed by atoms with van der Waals surface area (Å²) in [5, 5.41) is 23.9. The largest absolute Gasteiger partial charge is 0.481 e. The van der Waals surface area contributed by atoms with E-state index in [4.69, 9.17) is 5.11 Å². The van der Waals surface area contributed by atoms with Gasteiger partial charge in [0.15, 0.2) is 0 Å². The second kappa shape index (κ2) is 6.54. The number of nitrogens with zero attached hydrogens (tertiary/aromatic N) is 3. The first-order valence-electron chi connectivity index (χ1n) is 7.29. The minimum Gasteiger partial charge on any atom is -0.481 e. The summed E-state index contributed by atoms with van der Waals surface area (Å²) in [6.07, 6.45) is -0.622. The highest BCUT2D eigenvalue weighted by Gasteiger charge is 2.51. The number of aliphatic hydroxyl groups is 1. The van der Waals surface area contributed by atoms with Crippen molar-refractivity contribution in [1.82, 2.24) is 9.31 Å². The first-order chi connectivity index (χ1) is 11.6. The van der Waals surface area contributed by atoms with Crippen molar-refractivity contribution in [3.05, 3.63) is 29.8 Å². The van der Waals surface area contributed by atoms with Gasteiger partial charge in [0, 0.05) is 21.1 Å². The van der Waals surface area contributed by atoms with Crippen molar-refractivity contribution < 1.29 is 28.2 Å². The predicted molar refractivity (Wildman–Crippen MR) is 88.4 cm³/mol. The monoisotopic (exact) mass is 369 g/mol. The topological polar surface area (TPSA) is 128 Å². The quantitative estimate of drug-likeness (QED) is 0.700. The Kier molecular flexibility index (Phi) is 4.98. The molecule has 0 saturated carbocycles. The fourth-order valence-corrected chi connectivity index (χ4v) is 3.55. The number of carboxylic acids is 1. The highest BCUT2D eigenvalue weighted by Crippen LogP contribution is 2.35. The van der Waals surface area contributed by atoms with E-state index in [1.54, 1.807) is 0 Å². The number of carboxylic acid groups (broad SMARTS) is 1. The van der Waals surface area contributed by atoms with E-state index in [9.17, 15) is 23.1 Å². The van der Waals surface area contributed by atoms with Crippen LogP contribution in [0.2, 0.25) is 0 Å². The molecule has 25 heavy (non-hydrogen) atoms. The maximum atomic E-state index is 12.4. The SMILES string of the molecule is CN1N=C(c2ccc(S(=O)(=O)N(C)C)cc2)C(CO)(CC(=O)O)C1=O. The molecule has 0 fully saturated rings. The van der Waals surface area contributed by atoms with Crippen molar-refractivity contribution in [2.75, 3.05) is 27.7 Å². The molecule has 1 unspecified atom stereocenters. The normalized spacial score (nSPS) is 20.9. The summed E-state index contributed by atoms with van der Waals surface area (Å²) in [7, 11) is 0.557. The molecule has 2 rings (SSSR count). The molecule has 10 heteroatoms. The second-order valence-corrected chi connectivity index (χ2v) is 8.05. The van der Waals surface area contributed by atoms with E-state index in [0.717, 1.165) is 9.31 Å². The summed E-state index contributed by atoms with van der Waals surface area (Å²) in [4.78, 5) is 23.6. The molecule has 0 spiro atoms. The number of rotatable bonds is 6. The van der Waals surface area contributed by atoms with Gasteiger partial charge >= 0.3 is 5.97 Å². The highest BCUT2D eigenvalue weighted by atomic mass is 32.2. The molecule has 0 radical (unpaired) electrons. The Morgan fingerprint density at radius 1 is 1.28 bits per heavy atom. The zero-order valence-electron chi connectivity index (χ0n) is 14.0. The fourth-order valence-electron chi connectivity index (χ4n) is 2.65. The van der Waals surface area contributed by atoms with Gasteiger partial charge < -0.3 is 10.2 Å². The van der Waals surface area contributed by atoms with E-state index >= 15 is 0 Å². The van der Waals surface area contributed by atoms with Gasteiger partial charge in [0.05, 0.1) is 23.6 Å². The number of aliphatic carboxylic acids is 1. The maximum absolute atomic E-state index is 12.4. The number of aliphatic hydroxyl groups excluding tert-OH is 1. The molecule has 9 nitrogen and oxygen atoms in total. The molecule has 1 aromatic rings. The van der Waals surface area contributed by atoms with Crippen molar-refractivity contribution in [2.45, 2.75) is 11.3 Å². The van der Waals surface area contributed by atoms with Crippen LogP contribution in [-0.2, 0) is 19.6 Å². The number of benzene rings is 1. The van der Waals surface area contributed by atoms with Crippen molar-refractivity contribution in [3.63, 3.8) is 0 Å². The number of amides is 1. The molecule has 1 amide bonds. The fraction of sp³-hybridized carbons (Fsp3) is 0.400. The molecule has 0 aliphatic carbocycles. The summed E-state index contributed by atoms with van der Waals surface area (Å²) in [6.45, 7) is -0.723. The molecule has 1 aliphatic rings. The highest BCUT2D eigenvalue weighted by molar-refractivity contribution is 7.89. The van der Waals surface area contributed by atoms with Crippen LogP contribution in [0.4, 0.5) is 0 Å². The van der Waals surface area contributed by atoms with E-state index < -0.39 is 40.3 Å². The van der Waals surface area contributed by atoms with Crippen molar-refractivity contribution in [2.24, 2.45) is 10.5 Å². The van der Waals surface area contributed by atoms with Crippen LogP contribution in [-0.4, -0.2) is 73.3 Å². The molecule has 1 atom stereocenters. The average molecular weight is 369 g/mol. The molecule has 0 saturated heterocycles. The Balaban J connectivity index is 2.51. The molecular formula is C15H19N3O6S. The zero-order valence-corrected chi connectivity index (χ0v) is 14.8. The number of hydrogen-bond acceptors (Lipinski definition) is 6. The third-order valence-corrected chi connectivity index (χ3v) is 5.87. The molecule has 1 aliphatic heterocycles. The zero-order chi connectivity index (χ0) is 19.0. The number of carbonyl (C=O) groups is 2. The van der Waals surface area contributed by atoms with Gasteiger partial charge in [0.1, 0.15) is 5.41 Å². The summed E-state index contributed by atoms with van der Waals surface area (Å²) < 4.78 is 25.3. The number of carbonyl (C=O) groups excluding carboxylic acids is 1. The molecule has 1 aromatic carbocycles. The summed E-state index contributed by atoms with van der Waals surface area (Å²) in [5.41, 5.74) is -1.23. The van der Waals surface area contributed by atoms with Gasteiger partial charge in [0.2, 0.25) is 10.0 Å². The van der Waals surface area contributed by atoms with Gasteiger partial charge in [-0.3, -0.25) is 9.59 Å². The lowest BCUT2D eigenvalue weighted by Crippen LogP contribution is -2.44. The van der Waals surface area contributed by atoms with Crippen molar-refractivity contribution in [1.29, 1.82) is 0 Å². The Bertz CT molecular complexity index is 831. The number of hydrazone groups is 1. The van der Waals surface area contributed by atoms with E-state index in [0.29, 0.717) is 5.56 Å². The van der Waals surface area contributed by atoms with Crippen LogP contribution < -0.4 is 0 Å². The third-order valence-electron chi connectivity index (χ3n) is 4.04. The smallest absolute Gasteiger partial charge is 0.304 e. The van der Waals surface area contributed by atoms with Gasteiger partial charge in [-0.1, -0.05) is 12.1 Å². The summed E-state index contributed by atoms with van der Waals surface area (Å²) in [6, 6.07) is 5.57.